The van der Waals surface area contributed by atoms with Gasteiger partial charge in [-0.3, -0.25) is 0 Å². The molecule has 1 rings (SSSR count). The SMILES string of the molecule is CC1N(C)N=C([S][Au])N1C. The first kappa shape index (κ1) is 8.46. The van der Waals surface area contributed by atoms with Gasteiger partial charge in [0.2, 0.25) is 0 Å². The molecule has 1 aliphatic heterocycles. The van der Waals surface area contributed by atoms with E-state index in [1.807, 2.05) is 12.1 Å². The molecule has 1 atom stereocenters. The Hall–Kier alpha value is 0.360. The van der Waals surface area contributed by atoms with Crippen LogP contribution >= 0.6 is 9.23 Å². The van der Waals surface area contributed by atoms with Crippen LogP contribution in [0.15, 0.2) is 5.10 Å². The summed E-state index contributed by atoms with van der Waals surface area (Å²) in [4.78, 5) is 2.14. The van der Waals surface area contributed by atoms with Crippen LogP contribution in [0, 0.1) is 0 Å². The number of amidine groups is 1. The number of hydrogen-bond acceptors (Lipinski definition) is 4. The molecule has 0 N–H and O–H groups in total. The number of hydrogen-bond donors (Lipinski definition) is 0. The third-order valence-electron chi connectivity index (χ3n) is 1.70. The van der Waals surface area contributed by atoms with Crippen molar-refractivity contribution in [2.75, 3.05) is 14.1 Å². The summed E-state index contributed by atoms with van der Waals surface area (Å²) in [6, 6.07) is 0. The monoisotopic (exact) mass is 341 g/mol. The maximum absolute atomic E-state index is 4.29. The zero-order chi connectivity index (χ0) is 7.72. The average molecular weight is 341 g/mol. The van der Waals surface area contributed by atoms with Gasteiger partial charge in [-0.15, -0.1) is 0 Å². The van der Waals surface area contributed by atoms with Crippen molar-refractivity contribution in [2.24, 2.45) is 5.10 Å². The van der Waals surface area contributed by atoms with Crippen molar-refractivity contribution in [3.05, 3.63) is 0 Å². The minimum absolute atomic E-state index is 0.396. The predicted molar refractivity (Wildman–Crippen MR) is 40.0 cm³/mol. The van der Waals surface area contributed by atoms with E-state index in [1.54, 1.807) is 9.23 Å². The van der Waals surface area contributed by atoms with Crippen LogP contribution in [0.5, 0.6) is 0 Å². The fourth-order valence-corrected chi connectivity index (χ4v) is 2.35. The molecule has 3 nitrogen and oxygen atoms in total. The summed E-state index contributed by atoms with van der Waals surface area (Å²) in [6.45, 7) is 2.13. The zero-order valence-corrected chi connectivity index (χ0v) is 9.11. The maximum atomic E-state index is 4.29. The summed E-state index contributed by atoms with van der Waals surface area (Å²) in [5, 5.41) is 7.32. The third kappa shape index (κ3) is 1.34. The van der Waals surface area contributed by atoms with Crippen LogP contribution in [0.3, 0.4) is 0 Å². The van der Waals surface area contributed by atoms with E-state index in [4.69, 9.17) is 0 Å². The number of nitrogens with zero attached hydrogens (tertiary/aromatic N) is 3. The molecular formula is C5H10AuN3S. The van der Waals surface area contributed by atoms with Gasteiger partial charge in [-0.2, -0.15) is 0 Å². The van der Waals surface area contributed by atoms with Crippen LogP contribution in [0.2, 0.25) is 0 Å². The first-order valence-corrected chi connectivity index (χ1v) is 6.27. The molecule has 0 fully saturated rings. The van der Waals surface area contributed by atoms with Gasteiger partial charge in [-0.1, -0.05) is 0 Å². The van der Waals surface area contributed by atoms with Crippen molar-refractivity contribution < 1.29 is 19.7 Å². The van der Waals surface area contributed by atoms with E-state index in [0.717, 1.165) is 5.17 Å². The molecule has 10 heavy (non-hydrogen) atoms. The molecule has 1 aliphatic rings. The van der Waals surface area contributed by atoms with Gasteiger partial charge in [0.15, 0.2) is 0 Å². The first-order valence-electron chi connectivity index (χ1n) is 2.96. The normalized spacial score (nSPS) is 25.7. The van der Waals surface area contributed by atoms with Crippen molar-refractivity contribution in [3.63, 3.8) is 0 Å². The predicted octanol–water partition coefficient (Wildman–Crippen LogP) is 0.676. The molecule has 0 saturated heterocycles. The van der Waals surface area contributed by atoms with E-state index in [-0.39, 0.29) is 0 Å². The Kier molecular flexibility index (Phi) is 2.68. The van der Waals surface area contributed by atoms with Crippen molar-refractivity contribution >= 4 is 14.4 Å². The van der Waals surface area contributed by atoms with Gasteiger partial charge in [-0.25, -0.2) is 0 Å². The van der Waals surface area contributed by atoms with Gasteiger partial charge >= 0.3 is 76.3 Å². The topological polar surface area (TPSA) is 18.8 Å². The Morgan fingerprint density at radius 2 is 2.20 bits per heavy atom. The molecule has 0 bridgehead atoms. The van der Waals surface area contributed by atoms with Crippen LogP contribution in [-0.4, -0.2) is 35.3 Å². The summed E-state index contributed by atoms with van der Waals surface area (Å²) in [7, 11) is 5.66. The fraction of sp³-hybridized carbons (Fsp3) is 0.800. The van der Waals surface area contributed by atoms with Crippen LogP contribution in [0.25, 0.3) is 0 Å². The molecule has 1 unspecified atom stereocenters. The first-order chi connectivity index (χ1) is 4.66. The van der Waals surface area contributed by atoms with Gasteiger partial charge in [0.05, 0.1) is 0 Å². The van der Waals surface area contributed by atoms with Gasteiger partial charge in [0.1, 0.15) is 0 Å². The third-order valence-corrected chi connectivity index (χ3v) is 3.37. The van der Waals surface area contributed by atoms with E-state index in [9.17, 15) is 0 Å². The van der Waals surface area contributed by atoms with E-state index in [1.165, 1.54) is 0 Å². The quantitative estimate of drug-likeness (QED) is 0.604. The van der Waals surface area contributed by atoms with Gasteiger partial charge in [0, 0.05) is 0 Å². The van der Waals surface area contributed by atoms with E-state index in [0.29, 0.717) is 6.17 Å². The summed E-state index contributed by atoms with van der Waals surface area (Å²) >= 11 is 2.41. The number of rotatable bonds is 0. The zero-order valence-electron chi connectivity index (χ0n) is 6.13. The molecular weight excluding hydrogens is 331 g/mol. The molecule has 0 amide bonds. The Bertz CT molecular complexity index is 161. The summed E-state index contributed by atoms with van der Waals surface area (Å²) in [5.74, 6) is 0. The minimum atomic E-state index is 0.396. The van der Waals surface area contributed by atoms with Crippen LogP contribution in [0.4, 0.5) is 0 Å². The van der Waals surface area contributed by atoms with Crippen molar-refractivity contribution in [1.82, 2.24) is 9.91 Å². The van der Waals surface area contributed by atoms with Crippen molar-refractivity contribution in [1.29, 1.82) is 0 Å². The van der Waals surface area contributed by atoms with Crippen molar-refractivity contribution in [2.45, 2.75) is 13.1 Å². The Labute approximate surface area is 76.3 Å². The number of hydrazone groups is 1. The second kappa shape index (κ2) is 3.17. The molecule has 0 aromatic carbocycles. The summed E-state index contributed by atoms with van der Waals surface area (Å²) < 4.78 is 0. The molecule has 0 radical (unpaired) electrons. The Morgan fingerprint density at radius 3 is 2.40 bits per heavy atom. The fourth-order valence-electron chi connectivity index (χ4n) is 0.755. The molecule has 0 aromatic rings. The second-order valence-electron chi connectivity index (χ2n) is 2.26. The molecule has 0 spiro atoms. The van der Waals surface area contributed by atoms with Crippen molar-refractivity contribution in [3.8, 4) is 0 Å². The molecule has 0 aromatic heterocycles. The Morgan fingerprint density at radius 1 is 1.60 bits per heavy atom. The van der Waals surface area contributed by atoms with E-state index < -0.39 is 0 Å². The summed E-state index contributed by atoms with van der Waals surface area (Å²) in [6.07, 6.45) is 0.396. The molecule has 1 heterocycles. The van der Waals surface area contributed by atoms with E-state index in [2.05, 4.69) is 43.7 Å². The molecule has 62 valence electrons. The average Bonchev–Trinajstić information content (AvgIpc) is 2.17. The van der Waals surface area contributed by atoms with Crippen LogP contribution in [-0.2, 0) is 19.7 Å². The van der Waals surface area contributed by atoms with Crippen LogP contribution < -0.4 is 0 Å². The molecule has 0 aliphatic carbocycles. The summed E-state index contributed by atoms with van der Waals surface area (Å²) in [5.41, 5.74) is 0. The second-order valence-corrected chi connectivity index (χ2v) is 4.08. The van der Waals surface area contributed by atoms with Gasteiger partial charge in [0.25, 0.3) is 0 Å². The molecule has 5 heteroatoms. The molecule has 0 saturated carbocycles. The van der Waals surface area contributed by atoms with E-state index >= 15 is 0 Å². The van der Waals surface area contributed by atoms with Gasteiger partial charge < -0.3 is 0 Å². The van der Waals surface area contributed by atoms with Gasteiger partial charge in [-0.05, 0) is 0 Å². The van der Waals surface area contributed by atoms with Crippen LogP contribution in [0.1, 0.15) is 6.92 Å². The standard InChI is InChI=1S/C5H11N3S.Au/c1-4-7(2)5(9)6-8(4)3;/h4H,1-3H3,(H,6,9);/q;+1/p-1. The Balaban J connectivity index is 2.68.